The second kappa shape index (κ2) is 8.27. The Morgan fingerprint density at radius 3 is 2.65 bits per heavy atom. The number of para-hydroxylation sites is 1. The van der Waals surface area contributed by atoms with Crippen molar-refractivity contribution in [3.05, 3.63) is 54.1 Å². The number of methoxy groups -OCH3 is 1. The van der Waals surface area contributed by atoms with Gasteiger partial charge in [-0.15, -0.1) is 11.8 Å². The highest BCUT2D eigenvalue weighted by Crippen LogP contribution is 2.27. The number of carbonyl (C=O) groups excluding carboxylic acids is 2. The Balaban J connectivity index is 1.61. The quantitative estimate of drug-likeness (QED) is 0.794. The lowest BCUT2D eigenvalue weighted by molar-refractivity contribution is -0.126. The van der Waals surface area contributed by atoms with E-state index in [4.69, 9.17) is 4.74 Å². The number of benzene rings is 2. The number of amides is 2. The van der Waals surface area contributed by atoms with Gasteiger partial charge in [-0.05, 0) is 36.6 Å². The molecule has 2 aromatic carbocycles. The highest BCUT2D eigenvalue weighted by atomic mass is 32.2. The van der Waals surface area contributed by atoms with Gasteiger partial charge in [-0.2, -0.15) is 0 Å². The summed E-state index contributed by atoms with van der Waals surface area (Å²) in [5.74, 6) is 0.287. The molecule has 3 rings (SSSR count). The minimum absolute atomic E-state index is 0.0145. The van der Waals surface area contributed by atoms with Crippen LogP contribution in [0.15, 0.2) is 53.4 Å². The Hall–Kier alpha value is -2.47. The van der Waals surface area contributed by atoms with Crippen LogP contribution < -0.4 is 15.0 Å². The molecule has 0 radical (unpaired) electrons. The van der Waals surface area contributed by atoms with Crippen LogP contribution in [0.2, 0.25) is 0 Å². The van der Waals surface area contributed by atoms with Crippen LogP contribution in [0.4, 0.5) is 5.69 Å². The monoisotopic (exact) mass is 370 g/mol. The minimum Gasteiger partial charge on any atom is -0.496 e. The Morgan fingerprint density at radius 2 is 1.96 bits per heavy atom. The lowest BCUT2D eigenvalue weighted by atomic mass is 10.1. The molecule has 5 nitrogen and oxygen atoms in total. The lowest BCUT2D eigenvalue weighted by Gasteiger charge is -2.17. The van der Waals surface area contributed by atoms with Crippen molar-refractivity contribution in [2.75, 3.05) is 24.8 Å². The summed E-state index contributed by atoms with van der Waals surface area (Å²) >= 11 is 1.66. The smallest absolute Gasteiger partial charge is 0.227 e. The molecule has 1 heterocycles. The van der Waals surface area contributed by atoms with Gasteiger partial charge in [0.25, 0.3) is 0 Å². The average Bonchev–Trinajstić information content (AvgIpc) is 3.08. The first-order valence-electron chi connectivity index (χ1n) is 8.46. The van der Waals surface area contributed by atoms with Gasteiger partial charge in [-0.1, -0.05) is 18.2 Å². The summed E-state index contributed by atoms with van der Waals surface area (Å²) in [6.07, 6.45) is 2.25. The maximum absolute atomic E-state index is 12.5. The van der Waals surface area contributed by atoms with Gasteiger partial charge in [0.1, 0.15) is 5.75 Å². The van der Waals surface area contributed by atoms with E-state index in [1.807, 2.05) is 54.8 Å². The fourth-order valence-electron chi connectivity index (χ4n) is 3.07. The molecule has 0 aromatic heterocycles. The molecule has 1 unspecified atom stereocenters. The highest BCUT2D eigenvalue weighted by molar-refractivity contribution is 7.98. The number of ether oxygens (including phenoxy) is 1. The van der Waals surface area contributed by atoms with Crippen molar-refractivity contribution in [2.24, 2.45) is 5.92 Å². The van der Waals surface area contributed by atoms with E-state index in [1.54, 1.807) is 23.8 Å². The van der Waals surface area contributed by atoms with Crippen LogP contribution in [0.25, 0.3) is 0 Å². The zero-order valence-corrected chi connectivity index (χ0v) is 15.7. The van der Waals surface area contributed by atoms with Crippen LogP contribution in [-0.2, 0) is 16.1 Å². The van der Waals surface area contributed by atoms with Gasteiger partial charge in [-0.3, -0.25) is 9.59 Å². The molecule has 1 aliphatic heterocycles. The summed E-state index contributed by atoms with van der Waals surface area (Å²) in [5.41, 5.74) is 1.75. The van der Waals surface area contributed by atoms with Crippen LogP contribution in [-0.4, -0.2) is 31.7 Å². The number of rotatable bonds is 6. The van der Waals surface area contributed by atoms with Crippen molar-refractivity contribution < 1.29 is 14.3 Å². The summed E-state index contributed by atoms with van der Waals surface area (Å²) in [4.78, 5) is 27.7. The van der Waals surface area contributed by atoms with E-state index in [2.05, 4.69) is 5.32 Å². The van der Waals surface area contributed by atoms with Crippen LogP contribution in [0.3, 0.4) is 0 Å². The van der Waals surface area contributed by atoms with Crippen LogP contribution in [0.5, 0.6) is 5.75 Å². The molecule has 1 atom stereocenters. The fourth-order valence-corrected chi connectivity index (χ4v) is 3.48. The SMILES string of the molecule is COc1ccccc1CNC(=O)C1CC(=O)N(c2ccc(SC)cc2)C1. The van der Waals surface area contributed by atoms with E-state index in [-0.39, 0.29) is 24.2 Å². The standard InChI is InChI=1S/C20H22N2O3S/c1-25-18-6-4-3-5-14(18)12-21-20(24)15-11-19(23)22(13-15)16-7-9-17(26-2)10-8-16/h3-10,15H,11-13H2,1-2H3,(H,21,24). The zero-order valence-electron chi connectivity index (χ0n) is 14.9. The van der Waals surface area contributed by atoms with E-state index in [1.165, 1.54) is 0 Å². The molecule has 2 aromatic rings. The first-order chi connectivity index (χ1) is 12.6. The number of anilines is 1. The number of thioether (sulfide) groups is 1. The second-order valence-corrected chi connectivity index (χ2v) is 7.01. The zero-order chi connectivity index (χ0) is 18.5. The Labute approximate surface area is 157 Å². The van der Waals surface area contributed by atoms with E-state index in [0.29, 0.717) is 13.1 Å². The molecular weight excluding hydrogens is 348 g/mol. The topological polar surface area (TPSA) is 58.6 Å². The van der Waals surface area contributed by atoms with E-state index >= 15 is 0 Å². The minimum atomic E-state index is -0.336. The Bertz CT molecular complexity index is 792. The molecule has 0 aliphatic carbocycles. The normalized spacial score (nSPS) is 16.6. The largest absolute Gasteiger partial charge is 0.496 e. The number of hydrogen-bond acceptors (Lipinski definition) is 4. The molecule has 6 heteroatoms. The molecular formula is C20H22N2O3S. The number of carbonyl (C=O) groups is 2. The third kappa shape index (κ3) is 4.02. The molecule has 136 valence electrons. The van der Waals surface area contributed by atoms with Crippen molar-refractivity contribution in [1.82, 2.24) is 5.32 Å². The van der Waals surface area contributed by atoms with Crippen LogP contribution in [0, 0.1) is 5.92 Å². The van der Waals surface area contributed by atoms with Gasteiger partial charge in [0.15, 0.2) is 0 Å². The fraction of sp³-hybridized carbons (Fsp3) is 0.300. The first kappa shape index (κ1) is 18.3. The molecule has 1 N–H and O–H groups in total. The predicted molar refractivity (Wildman–Crippen MR) is 104 cm³/mol. The second-order valence-electron chi connectivity index (χ2n) is 6.13. The van der Waals surface area contributed by atoms with Gasteiger partial charge >= 0.3 is 0 Å². The third-order valence-corrected chi connectivity index (χ3v) is 5.27. The number of nitrogens with one attached hydrogen (secondary N) is 1. The maximum Gasteiger partial charge on any atom is 0.227 e. The van der Waals surface area contributed by atoms with E-state index in [9.17, 15) is 9.59 Å². The van der Waals surface area contributed by atoms with Crippen molar-refractivity contribution in [3.63, 3.8) is 0 Å². The van der Waals surface area contributed by atoms with Gasteiger partial charge in [-0.25, -0.2) is 0 Å². The molecule has 2 amide bonds. The van der Waals surface area contributed by atoms with Crippen LogP contribution >= 0.6 is 11.8 Å². The van der Waals surface area contributed by atoms with E-state index < -0.39 is 0 Å². The summed E-state index contributed by atoms with van der Waals surface area (Å²) in [5, 5.41) is 2.93. The molecule has 26 heavy (non-hydrogen) atoms. The molecule has 0 saturated carbocycles. The Kier molecular flexibility index (Phi) is 5.83. The molecule has 0 bridgehead atoms. The van der Waals surface area contributed by atoms with Gasteiger partial charge in [0, 0.05) is 35.7 Å². The van der Waals surface area contributed by atoms with Gasteiger partial charge < -0.3 is 15.0 Å². The number of hydrogen-bond donors (Lipinski definition) is 1. The third-order valence-electron chi connectivity index (χ3n) is 4.53. The van der Waals surface area contributed by atoms with Crippen LogP contribution in [0.1, 0.15) is 12.0 Å². The molecule has 1 saturated heterocycles. The van der Waals surface area contributed by atoms with Crippen molar-refractivity contribution in [1.29, 1.82) is 0 Å². The maximum atomic E-state index is 12.5. The summed E-state index contributed by atoms with van der Waals surface area (Å²) in [6, 6.07) is 15.4. The van der Waals surface area contributed by atoms with E-state index in [0.717, 1.165) is 21.9 Å². The average molecular weight is 370 g/mol. The predicted octanol–water partition coefficient (Wildman–Crippen LogP) is 3.09. The lowest BCUT2D eigenvalue weighted by Crippen LogP contribution is -2.32. The van der Waals surface area contributed by atoms with Crippen molar-refractivity contribution in [2.45, 2.75) is 17.9 Å². The summed E-state index contributed by atoms with van der Waals surface area (Å²) in [6.45, 7) is 0.797. The highest BCUT2D eigenvalue weighted by Gasteiger charge is 2.35. The summed E-state index contributed by atoms with van der Waals surface area (Å²) < 4.78 is 5.30. The molecule has 1 aliphatic rings. The molecule has 0 spiro atoms. The van der Waals surface area contributed by atoms with Crippen molar-refractivity contribution >= 4 is 29.3 Å². The van der Waals surface area contributed by atoms with Crippen molar-refractivity contribution in [3.8, 4) is 5.75 Å². The molecule has 1 fully saturated rings. The number of nitrogens with zero attached hydrogens (tertiary/aromatic N) is 1. The summed E-state index contributed by atoms with van der Waals surface area (Å²) in [7, 11) is 1.61. The first-order valence-corrected chi connectivity index (χ1v) is 9.69. The Morgan fingerprint density at radius 1 is 1.23 bits per heavy atom. The van der Waals surface area contributed by atoms with Gasteiger partial charge in [0.2, 0.25) is 11.8 Å². The van der Waals surface area contributed by atoms with Gasteiger partial charge in [0.05, 0.1) is 13.0 Å².